The van der Waals surface area contributed by atoms with E-state index in [2.05, 4.69) is 10.6 Å². The first kappa shape index (κ1) is 17.1. The van der Waals surface area contributed by atoms with E-state index in [1.165, 1.54) is 11.1 Å². The van der Waals surface area contributed by atoms with Gasteiger partial charge in [0.2, 0.25) is 5.91 Å². The smallest absolute Gasteiger partial charge is 0.325 e. The molecule has 1 aromatic carbocycles. The molecule has 6 heteroatoms. The molecule has 6 nitrogen and oxygen atoms in total. The van der Waals surface area contributed by atoms with Crippen LogP contribution in [0.15, 0.2) is 18.2 Å². The maximum Gasteiger partial charge on any atom is 0.325 e. The number of anilines is 1. The lowest BCUT2D eigenvalue weighted by Gasteiger charge is -2.36. The Morgan fingerprint density at radius 3 is 2.85 bits per heavy atom. The van der Waals surface area contributed by atoms with E-state index in [-0.39, 0.29) is 24.3 Å². The number of rotatable bonds is 3. The van der Waals surface area contributed by atoms with Crippen molar-refractivity contribution in [2.45, 2.75) is 57.4 Å². The molecule has 4 rings (SSSR count). The van der Waals surface area contributed by atoms with Crippen molar-refractivity contribution in [3.05, 3.63) is 29.3 Å². The highest BCUT2D eigenvalue weighted by molar-refractivity contribution is 6.10. The van der Waals surface area contributed by atoms with Gasteiger partial charge in [0, 0.05) is 5.69 Å². The van der Waals surface area contributed by atoms with Crippen molar-refractivity contribution in [2.75, 3.05) is 11.9 Å². The second kappa shape index (κ2) is 6.41. The summed E-state index contributed by atoms with van der Waals surface area (Å²) in [4.78, 5) is 38.8. The number of carbonyl (C=O) groups excluding carboxylic acids is 3. The van der Waals surface area contributed by atoms with Crippen LogP contribution in [0.2, 0.25) is 0 Å². The summed E-state index contributed by atoms with van der Waals surface area (Å²) in [5.41, 5.74) is 2.52. The van der Waals surface area contributed by atoms with E-state index in [0.29, 0.717) is 6.42 Å². The Labute approximate surface area is 153 Å². The average molecular weight is 355 g/mol. The molecule has 2 aliphatic carbocycles. The van der Waals surface area contributed by atoms with Crippen molar-refractivity contribution in [1.29, 1.82) is 0 Å². The standard InChI is InChI=1S/C20H25N3O3/c1-13-5-2-3-10-20(13)18(25)23(19(26)22-20)12-17(24)21-16-9-8-14-6-4-7-15(14)11-16/h8-9,11,13H,2-7,10,12H2,1H3,(H,21,24)(H,22,26)/t13-,20-/m0/s1. The highest BCUT2D eigenvalue weighted by atomic mass is 16.2. The number of hydrogen-bond donors (Lipinski definition) is 2. The van der Waals surface area contributed by atoms with E-state index < -0.39 is 11.6 Å². The third-order valence-electron chi connectivity index (χ3n) is 6.19. The fraction of sp³-hybridized carbons (Fsp3) is 0.550. The molecule has 138 valence electrons. The van der Waals surface area contributed by atoms with Crippen LogP contribution < -0.4 is 10.6 Å². The number of amides is 4. The quantitative estimate of drug-likeness (QED) is 0.818. The molecule has 1 aromatic rings. The minimum absolute atomic E-state index is 0.0949. The highest BCUT2D eigenvalue weighted by Crippen LogP contribution is 2.38. The van der Waals surface area contributed by atoms with E-state index in [1.807, 2.05) is 25.1 Å². The van der Waals surface area contributed by atoms with Gasteiger partial charge in [-0.15, -0.1) is 0 Å². The summed E-state index contributed by atoms with van der Waals surface area (Å²) in [6.07, 6.45) is 6.84. The number of aryl methyl sites for hydroxylation is 2. The van der Waals surface area contributed by atoms with Gasteiger partial charge in [-0.1, -0.05) is 25.8 Å². The first-order chi connectivity index (χ1) is 12.5. The molecule has 1 spiro atoms. The van der Waals surface area contributed by atoms with Gasteiger partial charge in [0.25, 0.3) is 5.91 Å². The van der Waals surface area contributed by atoms with E-state index in [9.17, 15) is 14.4 Å². The summed E-state index contributed by atoms with van der Waals surface area (Å²) in [7, 11) is 0. The van der Waals surface area contributed by atoms with Gasteiger partial charge < -0.3 is 10.6 Å². The summed E-state index contributed by atoms with van der Waals surface area (Å²) in [5.74, 6) is -0.497. The van der Waals surface area contributed by atoms with Crippen LogP contribution >= 0.6 is 0 Å². The molecule has 1 heterocycles. The third kappa shape index (κ3) is 2.77. The zero-order chi connectivity index (χ0) is 18.3. The number of fused-ring (bicyclic) bond motifs is 1. The number of hydrogen-bond acceptors (Lipinski definition) is 3. The van der Waals surface area contributed by atoms with Gasteiger partial charge in [0.1, 0.15) is 12.1 Å². The van der Waals surface area contributed by atoms with Gasteiger partial charge in [-0.2, -0.15) is 0 Å². The summed E-state index contributed by atoms with van der Waals surface area (Å²) >= 11 is 0. The Hall–Kier alpha value is -2.37. The second-order valence-electron chi connectivity index (χ2n) is 7.82. The van der Waals surface area contributed by atoms with Crippen LogP contribution in [-0.2, 0) is 22.4 Å². The summed E-state index contributed by atoms with van der Waals surface area (Å²) < 4.78 is 0. The van der Waals surface area contributed by atoms with Crippen molar-refractivity contribution in [1.82, 2.24) is 10.2 Å². The number of benzene rings is 1. The van der Waals surface area contributed by atoms with Crippen LogP contribution in [0.1, 0.15) is 50.2 Å². The Bertz CT molecular complexity index is 776. The second-order valence-corrected chi connectivity index (χ2v) is 7.82. The summed E-state index contributed by atoms with van der Waals surface area (Å²) in [6, 6.07) is 5.48. The minimum Gasteiger partial charge on any atom is -0.325 e. The predicted molar refractivity (Wildman–Crippen MR) is 97.7 cm³/mol. The molecule has 1 saturated heterocycles. The monoisotopic (exact) mass is 355 g/mol. The van der Waals surface area contributed by atoms with Gasteiger partial charge in [-0.3, -0.25) is 14.5 Å². The zero-order valence-corrected chi connectivity index (χ0v) is 15.1. The molecular formula is C20H25N3O3. The molecule has 4 amide bonds. The van der Waals surface area contributed by atoms with Gasteiger partial charge in [-0.25, -0.2) is 4.79 Å². The summed E-state index contributed by atoms with van der Waals surface area (Å²) in [5, 5.41) is 5.71. The van der Waals surface area contributed by atoms with Crippen molar-refractivity contribution >= 4 is 23.5 Å². The van der Waals surface area contributed by atoms with Gasteiger partial charge in [0.05, 0.1) is 0 Å². The largest absolute Gasteiger partial charge is 0.325 e. The topological polar surface area (TPSA) is 78.5 Å². The number of urea groups is 1. The van der Waals surface area contributed by atoms with Crippen LogP contribution in [0.5, 0.6) is 0 Å². The van der Waals surface area contributed by atoms with Crippen LogP contribution in [0, 0.1) is 5.92 Å². The fourth-order valence-corrected chi connectivity index (χ4v) is 4.63. The zero-order valence-electron chi connectivity index (χ0n) is 15.1. The van der Waals surface area contributed by atoms with E-state index in [0.717, 1.165) is 49.1 Å². The van der Waals surface area contributed by atoms with Gasteiger partial charge in [0.15, 0.2) is 0 Å². The molecule has 1 aliphatic heterocycles. The first-order valence-electron chi connectivity index (χ1n) is 9.55. The number of nitrogens with one attached hydrogen (secondary N) is 2. The van der Waals surface area contributed by atoms with Crippen LogP contribution in [0.4, 0.5) is 10.5 Å². The lowest BCUT2D eigenvalue weighted by molar-refractivity contribution is -0.136. The maximum atomic E-state index is 12.9. The van der Waals surface area contributed by atoms with Crippen LogP contribution in [0.3, 0.4) is 0 Å². The average Bonchev–Trinajstić information content (AvgIpc) is 3.16. The number of nitrogens with zero attached hydrogens (tertiary/aromatic N) is 1. The van der Waals surface area contributed by atoms with Crippen LogP contribution in [-0.4, -0.2) is 34.8 Å². The Morgan fingerprint density at radius 1 is 1.23 bits per heavy atom. The Kier molecular flexibility index (Phi) is 4.21. The molecule has 2 atom stereocenters. The predicted octanol–water partition coefficient (Wildman–Crippen LogP) is 2.61. The molecule has 3 aliphatic rings. The van der Waals surface area contributed by atoms with Crippen molar-refractivity contribution in [3.8, 4) is 0 Å². The number of imide groups is 1. The lowest BCUT2D eigenvalue weighted by atomic mass is 9.73. The maximum absolute atomic E-state index is 12.9. The van der Waals surface area contributed by atoms with E-state index in [4.69, 9.17) is 0 Å². The first-order valence-corrected chi connectivity index (χ1v) is 9.55. The normalized spacial score (nSPS) is 27.6. The Balaban J connectivity index is 1.44. The third-order valence-corrected chi connectivity index (χ3v) is 6.19. The molecule has 0 unspecified atom stereocenters. The van der Waals surface area contributed by atoms with E-state index >= 15 is 0 Å². The lowest BCUT2D eigenvalue weighted by Crippen LogP contribution is -2.54. The molecule has 2 fully saturated rings. The SMILES string of the molecule is C[C@H]1CCCC[C@]12NC(=O)N(CC(=O)Nc1ccc3c(c1)CCC3)C2=O. The number of carbonyl (C=O) groups is 3. The molecule has 0 radical (unpaired) electrons. The minimum atomic E-state index is -0.816. The highest BCUT2D eigenvalue weighted by Gasteiger charge is 2.55. The van der Waals surface area contributed by atoms with Crippen molar-refractivity contribution in [2.24, 2.45) is 5.92 Å². The molecule has 26 heavy (non-hydrogen) atoms. The molecular weight excluding hydrogens is 330 g/mol. The Morgan fingerprint density at radius 2 is 2.04 bits per heavy atom. The van der Waals surface area contributed by atoms with Crippen molar-refractivity contribution in [3.63, 3.8) is 0 Å². The van der Waals surface area contributed by atoms with Gasteiger partial charge in [-0.05, 0) is 61.3 Å². The van der Waals surface area contributed by atoms with Gasteiger partial charge >= 0.3 is 6.03 Å². The van der Waals surface area contributed by atoms with Crippen LogP contribution in [0.25, 0.3) is 0 Å². The molecule has 1 saturated carbocycles. The van der Waals surface area contributed by atoms with E-state index in [1.54, 1.807) is 0 Å². The summed E-state index contributed by atoms with van der Waals surface area (Å²) in [6.45, 7) is 1.77. The molecule has 0 aromatic heterocycles. The molecule has 0 bridgehead atoms. The van der Waals surface area contributed by atoms with Crippen molar-refractivity contribution < 1.29 is 14.4 Å². The fourth-order valence-electron chi connectivity index (χ4n) is 4.63. The molecule has 2 N–H and O–H groups in total.